The fourth-order valence-electron chi connectivity index (χ4n) is 1.35. The van der Waals surface area contributed by atoms with E-state index in [0.717, 1.165) is 5.82 Å². The second kappa shape index (κ2) is 5.00. The molecule has 0 aliphatic carbocycles. The number of aromatic nitrogens is 2. The van der Waals surface area contributed by atoms with E-state index in [9.17, 15) is 0 Å². The molecule has 0 unspecified atom stereocenters. The molecule has 1 aromatic rings. The monoisotopic (exact) mass is 233 g/mol. The summed E-state index contributed by atoms with van der Waals surface area (Å²) in [4.78, 5) is 8.55. The number of anilines is 2. The van der Waals surface area contributed by atoms with Crippen molar-refractivity contribution in [2.45, 2.75) is 46.2 Å². The van der Waals surface area contributed by atoms with E-state index in [1.807, 2.05) is 26.8 Å². The van der Waals surface area contributed by atoms with Crippen LogP contribution in [0.3, 0.4) is 0 Å². The van der Waals surface area contributed by atoms with Crippen molar-refractivity contribution in [3.63, 3.8) is 0 Å². The van der Waals surface area contributed by atoms with Gasteiger partial charge in [-0.25, -0.2) is 9.97 Å². The molecule has 0 aliphatic rings. The minimum atomic E-state index is -0.643. The van der Waals surface area contributed by atoms with E-state index in [1.54, 1.807) is 13.8 Å². The third-order valence-corrected chi connectivity index (χ3v) is 1.99. The van der Waals surface area contributed by atoms with Gasteiger partial charge in [0.1, 0.15) is 23.0 Å². The van der Waals surface area contributed by atoms with Crippen LogP contribution in [0.2, 0.25) is 0 Å². The van der Waals surface area contributed by atoms with Crippen LogP contribution in [0.25, 0.3) is 0 Å². The molecule has 0 aromatic carbocycles. The summed E-state index contributed by atoms with van der Waals surface area (Å²) in [5, 5.41) is 15.3. The van der Waals surface area contributed by atoms with E-state index < -0.39 is 5.54 Å². The largest absolute Gasteiger partial charge is 0.368 e. The summed E-state index contributed by atoms with van der Waals surface area (Å²) >= 11 is 0. The Morgan fingerprint density at radius 2 is 1.88 bits per heavy atom. The highest BCUT2D eigenvalue weighted by molar-refractivity contribution is 5.50. The lowest BCUT2D eigenvalue weighted by Crippen LogP contribution is -2.29. The number of hydrogen-bond donors (Lipinski definition) is 2. The third-order valence-electron chi connectivity index (χ3n) is 1.99. The highest BCUT2D eigenvalue weighted by Gasteiger charge is 2.17. The molecule has 1 heterocycles. The van der Waals surface area contributed by atoms with Crippen LogP contribution < -0.4 is 10.6 Å². The van der Waals surface area contributed by atoms with E-state index in [-0.39, 0.29) is 0 Å². The van der Waals surface area contributed by atoms with Crippen molar-refractivity contribution in [3.05, 3.63) is 11.9 Å². The Labute approximate surface area is 102 Å². The molecule has 5 heteroatoms. The molecule has 0 atom stereocenters. The van der Waals surface area contributed by atoms with Gasteiger partial charge in [0.25, 0.3) is 0 Å². The lowest BCUT2D eigenvalue weighted by Gasteiger charge is -2.19. The molecular weight excluding hydrogens is 214 g/mol. The number of hydrogen-bond acceptors (Lipinski definition) is 5. The summed E-state index contributed by atoms with van der Waals surface area (Å²) in [6, 6.07) is 4.30. The average Bonchev–Trinajstić information content (AvgIpc) is 2.14. The number of nitrogens with zero attached hydrogens (tertiary/aromatic N) is 3. The van der Waals surface area contributed by atoms with Gasteiger partial charge in [0.05, 0.1) is 6.07 Å². The molecule has 0 saturated carbocycles. The molecule has 1 rings (SSSR count). The van der Waals surface area contributed by atoms with Crippen LogP contribution in [-0.2, 0) is 0 Å². The summed E-state index contributed by atoms with van der Waals surface area (Å²) in [7, 11) is 0. The van der Waals surface area contributed by atoms with Crippen molar-refractivity contribution < 1.29 is 0 Å². The molecule has 0 amide bonds. The average molecular weight is 233 g/mol. The summed E-state index contributed by atoms with van der Waals surface area (Å²) in [6.07, 6.45) is 0. The molecule has 0 fully saturated rings. The van der Waals surface area contributed by atoms with Crippen molar-refractivity contribution in [1.29, 1.82) is 5.26 Å². The van der Waals surface area contributed by atoms with Gasteiger partial charge >= 0.3 is 0 Å². The van der Waals surface area contributed by atoms with Crippen molar-refractivity contribution in [2.24, 2.45) is 0 Å². The molecule has 0 spiro atoms. The van der Waals surface area contributed by atoms with E-state index in [4.69, 9.17) is 5.26 Å². The maximum absolute atomic E-state index is 8.97. The Balaban J connectivity index is 2.94. The Bertz CT molecular complexity index is 431. The zero-order valence-electron chi connectivity index (χ0n) is 11.0. The van der Waals surface area contributed by atoms with Gasteiger partial charge in [-0.1, -0.05) is 0 Å². The number of rotatable bonds is 4. The molecule has 1 aromatic heterocycles. The second-order valence-corrected chi connectivity index (χ2v) is 4.85. The van der Waals surface area contributed by atoms with E-state index in [2.05, 4.69) is 26.7 Å². The maximum Gasteiger partial charge on any atom is 0.133 e. The first-order chi connectivity index (χ1) is 7.82. The minimum Gasteiger partial charge on any atom is -0.368 e. The first-order valence-corrected chi connectivity index (χ1v) is 5.64. The number of nitrogens with one attached hydrogen (secondary N) is 2. The van der Waals surface area contributed by atoms with Crippen molar-refractivity contribution in [3.8, 4) is 6.07 Å². The standard InChI is InChI=1S/C12H19N5/c1-8(2)14-10-6-11(16-9(3)15-10)17-12(4,5)7-13/h6,8H,1-5H3,(H2,14,15,16,17). The number of nitriles is 1. The number of aryl methyl sites for hydroxylation is 1. The van der Waals surface area contributed by atoms with Crippen LogP contribution in [-0.4, -0.2) is 21.5 Å². The predicted molar refractivity (Wildman–Crippen MR) is 68.8 cm³/mol. The normalized spacial score (nSPS) is 11.1. The van der Waals surface area contributed by atoms with E-state index >= 15 is 0 Å². The molecule has 0 radical (unpaired) electrons. The molecule has 0 bridgehead atoms. The van der Waals surface area contributed by atoms with Crippen molar-refractivity contribution in [1.82, 2.24) is 9.97 Å². The smallest absolute Gasteiger partial charge is 0.133 e. The topological polar surface area (TPSA) is 73.6 Å². The first kappa shape index (κ1) is 13.2. The van der Waals surface area contributed by atoms with Gasteiger partial charge in [-0.15, -0.1) is 0 Å². The highest BCUT2D eigenvalue weighted by Crippen LogP contribution is 2.16. The maximum atomic E-state index is 8.97. The van der Waals surface area contributed by atoms with Gasteiger partial charge in [-0.05, 0) is 34.6 Å². The lowest BCUT2D eigenvalue weighted by atomic mass is 10.1. The van der Waals surface area contributed by atoms with Crippen LogP contribution >= 0.6 is 0 Å². The van der Waals surface area contributed by atoms with Crippen LogP contribution in [0.4, 0.5) is 11.6 Å². The van der Waals surface area contributed by atoms with E-state index in [0.29, 0.717) is 17.7 Å². The SMILES string of the molecule is Cc1nc(NC(C)C)cc(NC(C)(C)C#N)n1. The molecule has 0 aliphatic heterocycles. The summed E-state index contributed by atoms with van der Waals surface area (Å²) in [5.41, 5.74) is -0.643. The van der Waals surface area contributed by atoms with Gasteiger partial charge in [0.15, 0.2) is 0 Å². The Kier molecular flexibility index (Phi) is 3.89. The van der Waals surface area contributed by atoms with Crippen molar-refractivity contribution >= 4 is 11.6 Å². The summed E-state index contributed by atoms with van der Waals surface area (Å²) in [5.74, 6) is 2.10. The van der Waals surface area contributed by atoms with E-state index in [1.165, 1.54) is 0 Å². The molecule has 92 valence electrons. The Hall–Kier alpha value is -1.83. The van der Waals surface area contributed by atoms with Gasteiger partial charge in [-0.3, -0.25) is 0 Å². The fraction of sp³-hybridized carbons (Fsp3) is 0.583. The zero-order valence-corrected chi connectivity index (χ0v) is 11.0. The highest BCUT2D eigenvalue weighted by atomic mass is 15.1. The summed E-state index contributed by atoms with van der Waals surface area (Å²) in [6.45, 7) is 9.53. The van der Waals surface area contributed by atoms with Gasteiger partial charge in [0, 0.05) is 12.1 Å². The third kappa shape index (κ3) is 4.27. The van der Waals surface area contributed by atoms with Crippen LogP contribution in [0.15, 0.2) is 6.07 Å². The summed E-state index contributed by atoms with van der Waals surface area (Å²) < 4.78 is 0. The van der Waals surface area contributed by atoms with Crippen LogP contribution in [0.1, 0.15) is 33.5 Å². The van der Waals surface area contributed by atoms with Gasteiger partial charge < -0.3 is 10.6 Å². The fourth-order valence-corrected chi connectivity index (χ4v) is 1.35. The van der Waals surface area contributed by atoms with Gasteiger partial charge in [-0.2, -0.15) is 5.26 Å². The molecule has 0 saturated heterocycles. The predicted octanol–water partition coefficient (Wildman–Crippen LogP) is 2.32. The van der Waals surface area contributed by atoms with Crippen LogP contribution in [0.5, 0.6) is 0 Å². The quantitative estimate of drug-likeness (QED) is 0.834. The molecule has 17 heavy (non-hydrogen) atoms. The van der Waals surface area contributed by atoms with Crippen molar-refractivity contribution in [2.75, 3.05) is 10.6 Å². The molecule has 2 N–H and O–H groups in total. The minimum absolute atomic E-state index is 0.307. The Morgan fingerprint density at radius 1 is 1.29 bits per heavy atom. The second-order valence-electron chi connectivity index (χ2n) is 4.85. The molecule has 5 nitrogen and oxygen atoms in total. The first-order valence-electron chi connectivity index (χ1n) is 5.64. The van der Waals surface area contributed by atoms with Crippen LogP contribution in [0, 0.1) is 18.3 Å². The zero-order chi connectivity index (χ0) is 13.1. The lowest BCUT2D eigenvalue weighted by molar-refractivity contribution is 0.721. The molecular formula is C12H19N5. The Morgan fingerprint density at radius 3 is 2.41 bits per heavy atom. The van der Waals surface area contributed by atoms with Gasteiger partial charge in [0.2, 0.25) is 0 Å².